The maximum Gasteiger partial charge on any atom is 0.228 e. The molecule has 7 heteroatoms. The van der Waals surface area contributed by atoms with Gasteiger partial charge in [-0.2, -0.15) is 0 Å². The lowest BCUT2D eigenvalue weighted by Gasteiger charge is -2.38. The van der Waals surface area contributed by atoms with Crippen LogP contribution in [0.2, 0.25) is 0 Å². The molecule has 0 radical (unpaired) electrons. The number of amides is 1. The maximum absolute atomic E-state index is 12.9. The quantitative estimate of drug-likeness (QED) is 0.693. The summed E-state index contributed by atoms with van der Waals surface area (Å²) in [5, 5.41) is 5.09. The molecule has 3 aromatic rings. The molecule has 5 rings (SSSR count). The van der Waals surface area contributed by atoms with E-state index in [1.807, 2.05) is 18.2 Å². The lowest BCUT2D eigenvalue weighted by Crippen LogP contribution is -2.45. The van der Waals surface area contributed by atoms with Crippen LogP contribution in [-0.4, -0.2) is 58.1 Å². The summed E-state index contributed by atoms with van der Waals surface area (Å²) < 4.78 is 5.46. The van der Waals surface area contributed by atoms with Crippen molar-refractivity contribution in [1.29, 1.82) is 0 Å². The van der Waals surface area contributed by atoms with Gasteiger partial charge in [0.15, 0.2) is 0 Å². The number of morpholine rings is 1. The van der Waals surface area contributed by atoms with Gasteiger partial charge in [-0.15, -0.1) is 0 Å². The van der Waals surface area contributed by atoms with Crippen molar-refractivity contribution in [2.45, 2.75) is 31.7 Å². The molecule has 2 fully saturated rings. The second-order valence-electron chi connectivity index (χ2n) is 8.37. The fraction of sp³-hybridized carbons (Fsp3) is 0.417. The number of hydrogen-bond donors (Lipinski definition) is 1. The zero-order chi connectivity index (χ0) is 21.0. The first-order chi connectivity index (χ1) is 15.3. The summed E-state index contributed by atoms with van der Waals surface area (Å²) in [6.07, 6.45) is 10.9. The Morgan fingerprint density at radius 1 is 1.00 bits per heavy atom. The van der Waals surface area contributed by atoms with Gasteiger partial charge in [0.05, 0.1) is 25.1 Å². The Balaban J connectivity index is 0.00000245. The first-order valence-electron chi connectivity index (χ1n) is 11.0. The van der Waals surface area contributed by atoms with Crippen molar-refractivity contribution >= 4 is 22.5 Å². The maximum atomic E-state index is 12.9. The van der Waals surface area contributed by atoms with Crippen molar-refractivity contribution in [2.24, 2.45) is 5.92 Å². The van der Waals surface area contributed by atoms with Gasteiger partial charge < -0.3 is 10.1 Å². The van der Waals surface area contributed by atoms with Crippen molar-refractivity contribution in [3.05, 3.63) is 49.1 Å². The van der Waals surface area contributed by atoms with Crippen LogP contribution < -0.4 is 5.32 Å². The Labute approximate surface area is 183 Å². The first-order valence-corrected chi connectivity index (χ1v) is 11.0. The third-order valence-corrected chi connectivity index (χ3v) is 6.46. The van der Waals surface area contributed by atoms with Crippen LogP contribution in [0.3, 0.4) is 0 Å². The number of fused-ring (bicyclic) bond motifs is 1. The molecular weight excluding hydrogens is 390 g/mol. The molecule has 2 aromatic heterocycles. The largest absolute Gasteiger partial charge is 0.379 e. The third-order valence-electron chi connectivity index (χ3n) is 6.46. The summed E-state index contributed by atoms with van der Waals surface area (Å²) in [5.74, 6) is 0.738. The predicted octanol–water partition coefficient (Wildman–Crippen LogP) is 3.77. The molecule has 0 spiro atoms. The Bertz CT molecular complexity index is 1050. The van der Waals surface area contributed by atoms with Crippen molar-refractivity contribution in [3.63, 3.8) is 0 Å². The molecule has 7 nitrogen and oxygen atoms in total. The van der Waals surface area contributed by atoms with E-state index in [4.69, 9.17) is 4.74 Å². The Hall–Kier alpha value is -2.90. The highest BCUT2D eigenvalue weighted by Gasteiger charge is 2.30. The molecule has 1 saturated heterocycles. The van der Waals surface area contributed by atoms with E-state index in [9.17, 15) is 4.79 Å². The number of carbonyl (C=O) groups is 1. The Morgan fingerprint density at radius 3 is 2.61 bits per heavy atom. The number of pyridine rings is 1. The van der Waals surface area contributed by atoms with E-state index in [0.717, 1.165) is 74.0 Å². The zero-order valence-electron chi connectivity index (χ0n) is 17.5. The van der Waals surface area contributed by atoms with E-state index in [1.165, 1.54) is 0 Å². The average Bonchev–Trinajstić information content (AvgIpc) is 2.85. The fourth-order valence-corrected chi connectivity index (χ4v) is 4.69. The summed E-state index contributed by atoms with van der Waals surface area (Å²) >= 11 is 0. The lowest BCUT2D eigenvalue weighted by atomic mass is 9.84. The minimum Gasteiger partial charge on any atom is -0.379 e. The molecule has 162 valence electrons. The summed E-state index contributed by atoms with van der Waals surface area (Å²) in [5.41, 5.74) is 1.81. The summed E-state index contributed by atoms with van der Waals surface area (Å²) in [6.45, 7) is 3.68. The molecule has 1 aliphatic heterocycles. The highest BCUT2D eigenvalue weighted by atomic mass is 16.5. The fourth-order valence-electron chi connectivity index (χ4n) is 4.69. The smallest absolute Gasteiger partial charge is 0.228 e. The van der Waals surface area contributed by atoms with Crippen LogP contribution in [0, 0.1) is 5.92 Å². The van der Waals surface area contributed by atoms with Gasteiger partial charge in [0.1, 0.15) is 5.82 Å². The molecule has 3 heterocycles. The molecule has 1 aliphatic carbocycles. The van der Waals surface area contributed by atoms with Gasteiger partial charge in [-0.3, -0.25) is 19.7 Å². The van der Waals surface area contributed by atoms with E-state index in [0.29, 0.717) is 11.9 Å². The van der Waals surface area contributed by atoms with Gasteiger partial charge in [-0.25, -0.2) is 4.98 Å². The molecule has 1 saturated carbocycles. The topological polar surface area (TPSA) is 80.2 Å². The average molecular weight is 420 g/mol. The second-order valence-corrected chi connectivity index (χ2v) is 8.37. The third kappa shape index (κ3) is 4.57. The number of anilines is 1. The van der Waals surface area contributed by atoms with Crippen molar-refractivity contribution in [3.8, 4) is 11.3 Å². The monoisotopic (exact) mass is 419 g/mol. The first kappa shape index (κ1) is 20.0. The second kappa shape index (κ2) is 9.08. The van der Waals surface area contributed by atoms with Crippen LogP contribution >= 0.6 is 0 Å². The predicted molar refractivity (Wildman–Crippen MR) is 122 cm³/mol. The van der Waals surface area contributed by atoms with Crippen molar-refractivity contribution in [1.82, 2.24) is 19.9 Å². The number of aromatic nitrogens is 3. The molecule has 1 aromatic carbocycles. The van der Waals surface area contributed by atoms with Gasteiger partial charge in [-0.05, 0) is 43.2 Å². The van der Waals surface area contributed by atoms with Gasteiger partial charge >= 0.3 is 0 Å². The highest BCUT2D eigenvalue weighted by molar-refractivity contribution is 5.95. The van der Waals surface area contributed by atoms with Crippen LogP contribution in [0.5, 0.6) is 0 Å². The Kier molecular flexibility index (Phi) is 5.86. The number of nitrogens with zero attached hydrogens (tertiary/aromatic N) is 4. The highest BCUT2D eigenvalue weighted by Crippen LogP contribution is 2.29. The van der Waals surface area contributed by atoms with E-state index < -0.39 is 0 Å². The summed E-state index contributed by atoms with van der Waals surface area (Å²) in [6, 6.07) is 8.62. The molecule has 0 atom stereocenters. The number of rotatable bonds is 4. The molecular formula is C24H29N5O2. The molecule has 0 bridgehead atoms. The van der Waals surface area contributed by atoms with Crippen LogP contribution in [0.4, 0.5) is 5.82 Å². The van der Waals surface area contributed by atoms with Crippen molar-refractivity contribution < 1.29 is 11.0 Å². The number of benzene rings is 1. The SMILES string of the molecule is O=C(Nc1cc2cc(-c3cnccn3)ccc2cn1)C1CCC(N2CCOCC2)CC1.[HH]. The number of nitrogens with one attached hydrogen (secondary N) is 1. The molecule has 1 N–H and O–H groups in total. The minimum absolute atomic E-state index is 0. The van der Waals surface area contributed by atoms with Crippen molar-refractivity contribution in [2.75, 3.05) is 31.6 Å². The van der Waals surface area contributed by atoms with E-state index in [2.05, 4.69) is 31.2 Å². The minimum atomic E-state index is 0. The van der Waals surface area contributed by atoms with E-state index >= 15 is 0 Å². The normalized spacial score (nSPS) is 22.3. The van der Waals surface area contributed by atoms with E-state index in [-0.39, 0.29) is 13.3 Å². The molecule has 1 amide bonds. The summed E-state index contributed by atoms with van der Waals surface area (Å²) in [4.78, 5) is 28.4. The number of ether oxygens (including phenoxy) is 1. The van der Waals surface area contributed by atoms with Crippen LogP contribution in [-0.2, 0) is 9.53 Å². The van der Waals surface area contributed by atoms with Gasteiger partial charge in [0.2, 0.25) is 5.91 Å². The zero-order valence-corrected chi connectivity index (χ0v) is 17.5. The molecule has 2 aliphatic rings. The van der Waals surface area contributed by atoms with Crippen LogP contribution in [0.25, 0.3) is 22.0 Å². The molecule has 0 unspecified atom stereocenters. The van der Waals surface area contributed by atoms with Gasteiger partial charge in [0.25, 0.3) is 0 Å². The molecule has 31 heavy (non-hydrogen) atoms. The van der Waals surface area contributed by atoms with Gasteiger partial charge in [0, 0.05) is 56.0 Å². The standard InChI is InChI=1S/C24H27N5O2.H2/c30-24(17-3-5-21(6-4-17)29-9-11-31-12-10-29)28-23-14-20-13-18(1-2-19(20)15-27-23)22-16-25-7-8-26-22;/h1-2,7-8,13-17,21H,3-6,9-12H2,(H,27,28,30);1H. The van der Waals surface area contributed by atoms with E-state index in [1.54, 1.807) is 24.8 Å². The Morgan fingerprint density at radius 2 is 1.84 bits per heavy atom. The van der Waals surface area contributed by atoms with Crippen LogP contribution in [0.1, 0.15) is 27.1 Å². The number of carbonyl (C=O) groups excluding carboxylic acids is 1. The summed E-state index contributed by atoms with van der Waals surface area (Å²) in [7, 11) is 0. The van der Waals surface area contributed by atoms with Gasteiger partial charge in [-0.1, -0.05) is 12.1 Å². The van der Waals surface area contributed by atoms with Crippen LogP contribution in [0.15, 0.2) is 49.1 Å². The lowest BCUT2D eigenvalue weighted by molar-refractivity contribution is -0.121. The number of hydrogen-bond acceptors (Lipinski definition) is 6.